The molecule has 1 atom stereocenters. The maximum Gasteiger partial charge on any atom is 0.0947 e. The fourth-order valence-corrected chi connectivity index (χ4v) is 2.27. The van der Waals surface area contributed by atoms with Crippen LogP contribution in [0, 0.1) is 5.92 Å². The van der Waals surface area contributed by atoms with E-state index in [1.165, 1.54) is 0 Å². The van der Waals surface area contributed by atoms with Gasteiger partial charge in [0.05, 0.1) is 12.7 Å². The van der Waals surface area contributed by atoms with Gasteiger partial charge in [-0.05, 0) is 36.5 Å². The Hall–Kier alpha value is -0.610. The Labute approximate surface area is 113 Å². The first-order chi connectivity index (χ1) is 8.79. The van der Waals surface area contributed by atoms with Crippen LogP contribution >= 0.6 is 11.6 Å². The fourth-order valence-electron chi connectivity index (χ4n) is 2.14. The fraction of sp³-hybridized carbons (Fsp3) is 0.571. The molecule has 1 fully saturated rings. The summed E-state index contributed by atoms with van der Waals surface area (Å²) >= 11 is 5.87. The van der Waals surface area contributed by atoms with E-state index in [2.05, 4.69) is 0 Å². The second kappa shape index (κ2) is 7.10. The Morgan fingerprint density at radius 2 is 1.94 bits per heavy atom. The first-order valence-corrected chi connectivity index (χ1v) is 6.82. The zero-order chi connectivity index (χ0) is 12.8. The number of ether oxygens (including phenoxy) is 2. The molecule has 1 aliphatic heterocycles. The third kappa shape index (κ3) is 3.95. The van der Waals surface area contributed by atoms with Crippen LogP contribution in [-0.2, 0) is 9.47 Å². The van der Waals surface area contributed by atoms with Crippen molar-refractivity contribution < 1.29 is 9.47 Å². The predicted molar refractivity (Wildman–Crippen MR) is 72.7 cm³/mol. The summed E-state index contributed by atoms with van der Waals surface area (Å²) in [6.45, 7) is 2.95. The van der Waals surface area contributed by atoms with Gasteiger partial charge >= 0.3 is 0 Å². The normalized spacial score (nSPS) is 18.8. The van der Waals surface area contributed by atoms with Gasteiger partial charge in [0.1, 0.15) is 0 Å². The monoisotopic (exact) mass is 269 g/mol. The molecular formula is C14H20ClNO2. The van der Waals surface area contributed by atoms with Crippen LogP contribution in [0.25, 0.3) is 0 Å². The molecule has 0 spiro atoms. The van der Waals surface area contributed by atoms with Gasteiger partial charge < -0.3 is 15.2 Å². The molecule has 0 amide bonds. The minimum atomic E-state index is -0.0369. The molecule has 1 aromatic carbocycles. The number of rotatable bonds is 5. The molecule has 100 valence electrons. The van der Waals surface area contributed by atoms with Gasteiger partial charge in [-0.15, -0.1) is 0 Å². The van der Waals surface area contributed by atoms with E-state index in [9.17, 15) is 0 Å². The number of benzene rings is 1. The molecule has 1 aliphatic rings. The Bertz CT molecular complexity index is 349. The average Bonchev–Trinajstić information content (AvgIpc) is 2.42. The summed E-state index contributed by atoms with van der Waals surface area (Å²) in [6, 6.07) is 7.70. The standard InChI is InChI=1S/C14H20ClNO2/c15-13-3-1-12(2-4-13)14(9-16)18-10-11-5-7-17-8-6-11/h1-4,11,14H,5-10,16H2. The van der Waals surface area contributed by atoms with Crippen molar-refractivity contribution in [3.63, 3.8) is 0 Å². The van der Waals surface area contributed by atoms with Gasteiger partial charge in [0, 0.05) is 24.8 Å². The summed E-state index contributed by atoms with van der Waals surface area (Å²) in [5.74, 6) is 0.597. The quantitative estimate of drug-likeness (QED) is 0.894. The van der Waals surface area contributed by atoms with Crippen molar-refractivity contribution in [2.24, 2.45) is 11.7 Å². The molecule has 0 saturated carbocycles. The van der Waals surface area contributed by atoms with E-state index >= 15 is 0 Å². The summed E-state index contributed by atoms with van der Waals surface area (Å²) in [7, 11) is 0. The molecule has 0 aliphatic carbocycles. The van der Waals surface area contributed by atoms with Crippen molar-refractivity contribution in [3.8, 4) is 0 Å². The van der Waals surface area contributed by atoms with Crippen molar-refractivity contribution in [2.75, 3.05) is 26.4 Å². The zero-order valence-electron chi connectivity index (χ0n) is 10.5. The molecule has 0 radical (unpaired) electrons. The second-order valence-electron chi connectivity index (χ2n) is 4.66. The maximum atomic E-state index is 5.93. The van der Waals surface area contributed by atoms with E-state index in [4.69, 9.17) is 26.8 Å². The summed E-state index contributed by atoms with van der Waals surface area (Å²) in [6.07, 6.45) is 2.13. The van der Waals surface area contributed by atoms with Crippen LogP contribution in [0.1, 0.15) is 24.5 Å². The van der Waals surface area contributed by atoms with Crippen LogP contribution in [0.3, 0.4) is 0 Å². The summed E-state index contributed by atoms with van der Waals surface area (Å²) in [5, 5.41) is 0.735. The van der Waals surface area contributed by atoms with Crippen LogP contribution in [-0.4, -0.2) is 26.4 Å². The van der Waals surface area contributed by atoms with Gasteiger partial charge in [-0.1, -0.05) is 23.7 Å². The maximum absolute atomic E-state index is 5.93. The minimum Gasteiger partial charge on any atom is -0.381 e. The topological polar surface area (TPSA) is 44.5 Å². The first-order valence-electron chi connectivity index (χ1n) is 6.44. The minimum absolute atomic E-state index is 0.0369. The van der Waals surface area contributed by atoms with Crippen LogP contribution in [0.4, 0.5) is 0 Å². The van der Waals surface area contributed by atoms with Crippen molar-refractivity contribution in [1.82, 2.24) is 0 Å². The van der Waals surface area contributed by atoms with Gasteiger partial charge in [0.15, 0.2) is 0 Å². The molecule has 3 nitrogen and oxygen atoms in total. The number of halogens is 1. The van der Waals surface area contributed by atoms with Gasteiger partial charge in [-0.2, -0.15) is 0 Å². The van der Waals surface area contributed by atoms with E-state index in [-0.39, 0.29) is 6.10 Å². The number of hydrogen-bond donors (Lipinski definition) is 1. The predicted octanol–water partition coefficient (Wildman–Crippen LogP) is 2.78. The molecule has 4 heteroatoms. The van der Waals surface area contributed by atoms with E-state index in [1.807, 2.05) is 24.3 Å². The second-order valence-corrected chi connectivity index (χ2v) is 5.10. The molecule has 1 heterocycles. The molecule has 2 rings (SSSR count). The summed E-state index contributed by atoms with van der Waals surface area (Å²) in [4.78, 5) is 0. The van der Waals surface area contributed by atoms with Gasteiger partial charge in [0.25, 0.3) is 0 Å². The third-order valence-electron chi connectivity index (χ3n) is 3.33. The highest BCUT2D eigenvalue weighted by molar-refractivity contribution is 6.30. The molecular weight excluding hydrogens is 250 g/mol. The molecule has 1 aromatic rings. The van der Waals surface area contributed by atoms with Crippen LogP contribution < -0.4 is 5.73 Å². The van der Waals surface area contributed by atoms with Crippen molar-refractivity contribution in [3.05, 3.63) is 34.9 Å². The summed E-state index contributed by atoms with van der Waals surface area (Å²) < 4.78 is 11.3. The molecule has 1 saturated heterocycles. The largest absolute Gasteiger partial charge is 0.381 e. The van der Waals surface area contributed by atoms with Crippen molar-refractivity contribution in [2.45, 2.75) is 18.9 Å². The Morgan fingerprint density at radius 3 is 2.56 bits per heavy atom. The molecule has 18 heavy (non-hydrogen) atoms. The first kappa shape index (κ1) is 13.8. The van der Waals surface area contributed by atoms with Crippen LogP contribution in [0.15, 0.2) is 24.3 Å². The highest BCUT2D eigenvalue weighted by atomic mass is 35.5. The number of hydrogen-bond acceptors (Lipinski definition) is 3. The van der Waals surface area contributed by atoms with E-state index < -0.39 is 0 Å². The van der Waals surface area contributed by atoms with E-state index in [0.29, 0.717) is 12.5 Å². The highest BCUT2D eigenvalue weighted by Gasteiger charge is 2.17. The van der Waals surface area contributed by atoms with E-state index in [1.54, 1.807) is 0 Å². The Balaban J connectivity index is 1.86. The zero-order valence-corrected chi connectivity index (χ0v) is 11.2. The Morgan fingerprint density at radius 1 is 1.28 bits per heavy atom. The lowest BCUT2D eigenvalue weighted by Gasteiger charge is -2.24. The van der Waals surface area contributed by atoms with Gasteiger partial charge in [-0.25, -0.2) is 0 Å². The van der Waals surface area contributed by atoms with Crippen molar-refractivity contribution >= 4 is 11.6 Å². The summed E-state index contributed by atoms with van der Waals surface area (Å²) in [5.41, 5.74) is 6.87. The third-order valence-corrected chi connectivity index (χ3v) is 3.58. The molecule has 2 N–H and O–H groups in total. The smallest absolute Gasteiger partial charge is 0.0947 e. The number of nitrogens with two attached hydrogens (primary N) is 1. The lowest BCUT2D eigenvalue weighted by atomic mass is 10.0. The van der Waals surface area contributed by atoms with Crippen molar-refractivity contribution in [1.29, 1.82) is 0 Å². The van der Waals surface area contributed by atoms with Crippen LogP contribution in [0.5, 0.6) is 0 Å². The van der Waals surface area contributed by atoms with Crippen LogP contribution in [0.2, 0.25) is 5.02 Å². The van der Waals surface area contributed by atoms with Gasteiger partial charge in [-0.3, -0.25) is 0 Å². The average molecular weight is 270 g/mol. The highest BCUT2D eigenvalue weighted by Crippen LogP contribution is 2.22. The lowest BCUT2D eigenvalue weighted by molar-refractivity contribution is -0.00872. The van der Waals surface area contributed by atoms with Gasteiger partial charge in [0.2, 0.25) is 0 Å². The molecule has 0 bridgehead atoms. The molecule has 1 unspecified atom stereocenters. The Kier molecular flexibility index (Phi) is 5.45. The van der Waals surface area contributed by atoms with E-state index in [0.717, 1.165) is 43.2 Å². The SMILES string of the molecule is NCC(OCC1CCOCC1)c1ccc(Cl)cc1. The lowest BCUT2D eigenvalue weighted by Crippen LogP contribution is -2.23. The molecule has 0 aromatic heterocycles.